The van der Waals surface area contributed by atoms with Crippen molar-refractivity contribution in [2.24, 2.45) is 18.1 Å². The summed E-state index contributed by atoms with van der Waals surface area (Å²) in [6.07, 6.45) is 5.25. The van der Waals surface area contributed by atoms with E-state index in [0.29, 0.717) is 33.7 Å². The van der Waals surface area contributed by atoms with Crippen LogP contribution in [0.15, 0.2) is 34.1 Å². The Morgan fingerprint density at radius 2 is 2.19 bits per heavy atom. The van der Waals surface area contributed by atoms with Gasteiger partial charge in [-0.05, 0) is 39.5 Å². The fraction of sp³-hybridized carbons (Fsp3) is 0.429. The Balaban J connectivity index is 0.000000279. The minimum absolute atomic E-state index is 0.196. The molecule has 0 saturated carbocycles. The number of azide groups is 1. The number of imidazole rings is 2. The van der Waals surface area contributed by atoms with E-state index in [4.69, 9.17) is 5.53 Å². The summed E-state index contributed by atoms with van der Waals surface area (Å²) in [6, 6.07) is 0. The molecule has 3 heterocycles. The third kappa shape index (κ3) is 5.39. The van der Waals surface area contributed by atoms with E-state index in [2.05, 4.69) is 48.8 Å². The monoisotopic (exact) mass is 390 g/mol. The number of hydrogen-bond acceptors (Lipinski definition) is 8. The molecule has 0 fully saturated rings. The van der Waals surface area contributed by atoms with Gasteiger partial charge in [0.1, 0.15) is 16.9 Å². The summed E-state index contributed by atoms with van der Waals surface area (Å²) in [5.74, 6) is 0.444. The first-order valence-corrected chi connectivity index (χ1v) is 8.74. The van der Waals surface area contributed by atoms with Crippen molar-refractivity contribution in [3.05, 3.63) is 39.5 Å². The molecule has 142 valence electrons. The Hall–Kier alpha value is -3.18. The SMILES string of the molecule is CC(C)CCN=[N+]=[N-].Cn1cnc([N+](=O)[O-])c1Sc1ncnc2nc[nH]c12. The molecule has 27 heavy (non-hydrogen) atoms. The molecule has 0 bridgehead atoms. The molecule has 3 aromatic heterocycles. The normalized spacial score (nSPS) is 10.4. The van der Waals surface area contributed by atoms with Gasteiger partial charge >= 0.3 is 5.82 Å². The summed E-state index contributed by atoms with van der Waals surface area (Å²) in [6.45, 7) is 4.84. The second-order valence-corrected chi connectivity index (χ2v) is 6.74. The minimum atomic E-state index is -0.520. The van der Waals surface area contributed by atoms with Crippen molar-refractivity contribution in [1.29, 1.82) is 0 Å². The molecule has 0 aromatic carbocycles. The van der Waals surface area contributed by atoms with Gasteiger partial charge in [0.2, 0.25) is 6.33 Å². The van der Waals surface area contributed by atoms with Crippen molar-refractivity contribution < 1.29 is 4.92 Å². The Kier molecular flexibility index (Phi) is 7.08. The van der Waals surface area contributed by atoms with E-state index in [-0.39, 0.29) is 5.82 Å². The first kappa shape index (κ1) is 20.1. The van der Waals surface area contributed by atoms with E-state index < -0.39 is 4.92 Å². The van der Waals surface area contributed by atoms with Gasteiger partial charge in [0.25, 0.3) is 0 Å². The molecule has 0 radical (unpaired) electrons. The number of nitrogens with one attached hydrogen (secondary N) is 1. The average Bonchev–Trinajstić information content (AvgIpc) is 3.23. The Labute approximate surface area is 158 Å². The molecule has 0 spiro atoms. The summed E-state index contributed by atoms with van der Waals surface area (Å²) in [7, 11) is 1.69. The fourth-order valence-corrected chi connectivity index (χ4v) is 2.87. The molecule has 0 aliphatic rings. The van der Waals surface area contributed by atoms with E-state index in [1.54, 1.807) is 11.6 Å². The van der Waals surface area contributed by atoms with Crippen LogP contribution in [0.3, 0.4) is 0 Å². The summed E-state index contributed by atoms with van der Waals surface area (Å²) in [4.78, 5) is 31.8. The van der Waals surface area contributed by atoms with Crippen molar-refractivity contribution in [3.63, 3.8) is 0 Å². The van der Waals surface area contributed by atoms with Crippen molar-refractivity contribution in [3.8, 4) is 0 Å². The second kappa shape index (κ2) is 9.50. The molecular formula is C14H18N10O2S. The highest BCUT2D eigenvalue weighted by molar-refractivity contribution is 7.99. The van der Waals surface area contributed by atoms with Crippen molar-refractivity contribution in [2.75, 3.05) is 6.54 Å². The van der Waals surface area contributed by atoms with Gasteiger partial charge in [0.15, 0.2) is 10.7 Å². The van der Waals surface area contributed by atoms with Gasteiger partial charge in [-0.25, -0.2) is 15.0 Å². The molecule has 1 N–H and O–H groups in total. The number of rotatable bonds is 6. The Morgan fingerprint density at radius 1 is 1.41 bits per heavy atom. The van der Waals surface area contributed by atoms with Crippen molar-refractivity contribution >= 4 is 28.7 Å². The lowest BCUT2D eigenvalue weighted by atomic mass is 10.1. The largest absolute Gasteiger partial charge is 0.396 e. The number of H-pyrrole nitrogens is 1. The maximum absolute atomic E-state index is 10.9. The quantitative estimate of drug-likeness (QED) is 0.168. The van der Waals surface area contributed by atoms with Gasteiger partial charge in [-0.2, -0.15) is 0 Å². The molecule has 13 heteroatoms. The Morgan fingerprint density at radius 3 is 2.85 bits per heavy atom. The maximum atomic E-state index is 10.9. The van der Waals surface area contributed by atoms with Crippen LogP contribution < -0.4 is 0 Å². The lowest BCUT2D eigenvalue weighted by Gasteiger charge is -2.01. The van der Waals surface area contributed by atoms with Crippen LogP contribution in [0.1, 0.15) is 20.3 Å². The van der Waals surface area contributed by atoms with Crippen LogP contribution in [0.25, 0.3) is 21.6 Å². The van der Waals surface area contributed by atoms with Crippen LogP contribution in [-0.4, -0.2) is 41.0 Å². The van der Waals surface area contributed by atoms with Gasteiger partial charge in [0.05, 0.1) is 6.33 Å². The molecule has 0 unspecified atom stereocenters. The summed E-state index contributed by atoms with van der Waals surface area (Å²) < 4.78 is 1.58. The fourth-order valence-electron chi connectivity index (χ4n) is 1.92. The summed E-state index contributed by atoms with van der Waals surface area (Å²) in [5, 5.41) is 15.3. The first-order valence-electron chi connectivity index (χ1n) is 7.92. The van der Waals surface area contributed by atoms with E-state index in [1.165, 1.54) is 19.0 Å². The molecule has 0 amide bonds. The van der Waals surface area contributed by atoms with Crippen LogP contribution in [0.4, 0.5) is 5.82 Å². The van der Waals surface area contributed by atoms with Gasteiger partial charge in [0, 0.05) is 18.5 Å². The highest BCUT2D eigenvalue weighted by Crippen LogP contribution is 2.34. The minimum Gasteiger partial charge on any atom is -0.358 e. The molecule has 0 aliphatic carbocycles. The number of nitrogens with zero attached hydrogens (tertiary/aromatic N) is 9. The number of hydrogen-bond donors (Lipinski definition) is 1. The average molecular weight is 390 g/mol. The topological polar surface area (TPSA) is 164 Å². The molecular weight excluding hydrogens is 372 g/mol. The van der Waals surface area contributed by atoms with Crippen LogP contribution in [0.5, 0.6) is 0 Å². The summed E-state index contributed by atoms with van der Waals surface area (Å²) >= 11 is 1.15. The lowest BCUT2D eigenvalue weighted by molar-refractivity contribution is -0.392. The highest BCUT2D eigenvalue weighted by Gasteiger charge is 2.22. The van der Waals surface area contributed by atoms with Crippen LogP contribution in [-0.2, 0) is 7.05 Å². The Bertz CT molecular complexity index is 960. The second-order valence-electron chi connectivity index (χ2n) is 5.76. The van der Waals surface area contributed by atoms with E-state index >= 15 is 0 Å². The third-order valence-corrected chi connectivity index (χ3v) is 4.46. The van der Waals surface area contributed by atoms with E-state index in [9.17, 15) is 10.1 Å². The molecule has 0 atom stereocenters. The highest BCUT2D eigenvalue weighted by atomic mass is 32.2. The van der Waals surface area contributed by atoms with Crippen LogP contribution >= 0.6 is 11.8 Å². The molecule has 3 aromatic rings. The molecule has 12 nitrogen and oxygen atoms in total. The van der Waals surface area contributed by atoms with Gasteiger partial charge in [-0.15, -0.1) is 0 Å². The zero-order chi connectivity index (χ0) is 19.8. The van der Waals surface area contributed by atoms with Crippen LogP contribution in [0.2, 0.25) is 0 Å². The van der Waals surface area contributed by atoms with Crippen molar-refractivity contribution in [2.45, 2.75) is 30.3 Å². The molecule has 0 saturated heterocycles. The zero-order valence-corrected chi connectivity index (χ0v) is 15.8. The smallest absolute Gasteiger partial charge is 0.358 e. The third-order valence-electron chi connectivity index (χ3n) is 3.29. The summed E-state index contributed by atoms with van der Waals surface area (Å²) in [5.41, 5.74) is 9.00. The van der Waals surface area contributed by atoms with Gasteiger partial charge in [-0.1, -0.05) is 19.0 Å². The van der Waals surface area contributed by atoms with E-state index in [0.717, 1.165) is 18.2 Å². The van der Waals surface area contributed by atoms with Crippen LogP contribution in [0, 0.1) is 16.0 Å². The first-order chi connectivity index (χ1) is 12.9. The number of nitro groups is 1. The maximum Gasteiger partial charge on any atom is 0.396 e. The number of aromatic amines is 1. The predicted molar refractivity (Wildman–Crippen MR) is 99.1 cm³/mol. The van der Waals surface area contributed by atoms with E-state index in [1.807, 2.05) is 0 Å². The van der Waals surface area contributed by atoms with Gasteiger partial charge in [-0.3, -0.25) is 0 Å². The predicted octanol–water partition coefficient (Wildman–Crippen LogP) is 3.49. The zero-order valence-electron chi connectivity index (χ0n) is 15.0. The standard InChI is InChI=1S/C9H7N7O2S.C5H11N3/c1-15-4-14-7(16(17)18)9(15)19-8-5-6(11-2-10-5)12-3-13-8;1-5(2)3-4-7-8-6/h2-4H,1H3,(H,10,11,12,13);5H,3-4H2,1-2H3. The number of fused-ring (bicyclic) bond motifs is 1. The number of aromatic nitrogens is 6. The molecule has 0 aliphatic heterocycles. The molecule has 3 rings (SSSR count). The van der Waals surface area contributed by atoms with Crippen molar-refractivity contribution in [1.82, 2.24) is 29.5 Å². The number of aryl methyl sites for hydroxylation is 1. The van der Waals surface area contributed by atoms with Gasteiger partial charge < -0.3 is 19.7 Å². The lowest BCUT2D eigenvalue weighted by Crippen LogP contribution is -1.95.